The second-order valence-corrected chi connectivity index (χ2v) is 9.07. The minimum Gasteiger partial charge on any atom is -0.493 e. The first-order valence-electron chi connectivity index (χ1n) is 12.1. The van der Waals surface area contributed by atoms with Crippen LogP contribution in [0.3, 0.4) is 0 Å². The summed E-state index contributed by atoms with van der Waals surface area (Å²) in [7, 11) is 10.4. The van der Waals surface area contributed by atoms with E-state index >= 15 is 0 Å². The molecule has 2 atom stereocenters. The lowest BCUT2D eigenvalue weighted by Crippen LogP contribution is -2.38. The van der Waals surface area contributed by atoms with E-state index in [2.05, 4.69) is 31.0 Å². The van der Waals surface area contributed by atoms with Crippen LogP contribution in [0.4, 0.5) is 0 Å². The third-order valence-corrected chi connectivity index (χ3v) is 7.40. The first-order valence-corrected chi connectivity index (χ1v) is 12.1. The van der Waals surface area contributed by atoms with Crippen LogP contribution >= 0.6 is 0 Å². The summed E-state index contributed by atoms with van der Waals surface area (Å²) in [6.07, 6.45) is 4.26. The summed E-state index contributed by atoms with van der Waals surface area (Å²) >= 11 is 0. The van der Waals surface area contributed by atoms with Gasteiger partial charge in [0, 0.05) is 18.2 Å². The number of hydrogen-bond donors (Lipinski definition) is 0. The Morgan fingerprint density at radius 2 is 1.63 bits per heavy atom. The van der Waals surface area contributed by atoms with Crippen molar-refractivity contribution in [3.63, 3.8) is 0 Å². The van der Waals surface area contributed by atoms with Crippen molar-refractivity contribution in [2.24, 2.45) is 0 Å². The van der Waals surface area contributed by atoms with Crippen molar-refractivity contribution in [1.82, 2.24) is 4.90 Å². The van der Waals surface area contributed by atoms with E-state index in [4.69, 9.17) is 23.7 Å². The van der Waals surface area contributed by atoms with E-state index in [9.17, 15) is 5.26 Å². The molecule has 0 saturated carbocycles. The van der Waals surface area contributed by atoms with Gasteiger partial charge in [-0.25, -0.2) is 0 Å². The van der Waals surface area contributed by atoms with Crippen LogP contribution in [0.1, 0.15) is 49.3 Å². The average Bonchev–Trinajstić information content (AvgIpc) is 2.89. The van der Waals surface area contributed by atoms with Crippen molar-refractivity contribution in [3.05, 3.63) is 41.0 Å². The number of benzene rings is 2. The highest BCUT2D eigenvalue weighted by molar-refractivity contribution is 5.60. The summed E-state index contributed by atoms with van der Waals surface area (Å²) in [6, 6.07) is 10.8. The Morgan fingerprint density at radius 3 is 2.20 bits per heavy atom. The van der Waals surface area contributed by atoms with Gasteiger partial charge in [0.15, 0.2) is 23.0 Å². The summed E-state index contributed by atoms with van der Waals surface area (Å²) < 4.78 is 27.8. The zero-order chi connectivity index (χ0) is 25.6. The fraction of sp³-hybridized carbons (Fsp3) is 0.536. The molecular formula is C28H38N2O5. The Morgan fingerprint density at radius 1 is 0.943 bits per heavy atom. The van der Waals surface area contributed by atoms with Crippen LogP contribution in [0, 0.1) is 11.3 Å². The van der Waals surface area contributed by atoms with Gasteiger partial charge in [-0.15, -0.1) is 0 Å². The van der Waals surface area contributed by atoms with Crippen LogP contribution in [0.15, 0.2) is 24.3 Å². The molecule has 2 unspecified atom stereocenters. The third kappa shape index (κ3) is 5.13. The highest BCUT2D eigenvalue weighted by Gasteiger charge is 2.33. The van der Waals surface area contributed by atoms with Gasteiger partial charge in [0.2, 0.25) is 5.75 Å². The van der Waals surface area contributed by atoms with Crippen LogP contribution < -0.4 is 23.7 Å². The van der Waals surface area contributed by atoms with Crippen molar-refractivity contribution >= 4 is 0 Å². The summed E-state index contributed by atoms with van der Waals surface area (Å²) in [5.41, 5.74) is 2.78. The van der Waals surface area contributed by atoms with Gasteiger partial charge in [-0.1, -0.05) is 13.0 Å². The van der Waals surface area contributed by atoms with Crippen molar-refractivity contribution in [2.75, 3.05) is 42.6 Å². The molecule has 2 aromatic carbocycles. The van der Waals surface area contributed by atoms with Crippen molar-refractivity contribution in [2.45, 2.75) is 57.0 Å². The molecule has 0 aromatic heterocycles. The number of methoxy groups -OCH3 is 5. The van der Waals surface area contributed by atoms with Crippen molar-refractivity contribution in [3.8, 4) is 34.8 Å². The monoisotopic (exact) mass is 482 g/mol. The van der Waals surface area contributed by atoms with Crippen LogP contribution in [0.5, 0.6) is 28.7 Å². The average molecular weight is 483 g/mol. The van der Waals surface area contributed by atoms with E-state index in [1.165, 1.54) is 11.1 Å². The molecule has 0 amide bonds. The number of likely N-dealkylation sites (N-methyl/N-ethyl adjacent to an activating group) is 1. The van der Waals surface area contributed by atoms with Crippen LogP contribution in [0.25, 0.3) is 0 Å². The highest BCUT2D eigenvalue weighted by Crippen LogP contribution is 2.45. The van der Waals surface area contributed by atoms with Gasteiger partial charge in [-0.05, 0) is 68.5 Å². The topological polar surface area (TPSA) is 73.2 Å². The van der Waals surface area contributed by atoms with Crippen molar-refractivity contribution < 1.29 is 23.7 Å². The number of rotatable bonds is 11. The predicted molar refractivity (Wildman–Crippen MR) is 136 cm³/mol. The van der Waals surface area contributed by atoms with Crippen LogP contribution in [-0.2, 0) is 18.4 Å². The fourth-order valence-electron chi connectivity index (χ4n) is 5.24. The molecule has 1 aliphatic heterocycles. The maximum absolute atomic E-state index is 10.2. The van der Waals surface area contributed by atoms with Gasteiger partial charge in [0.1, 0.15) is 0 Å². The molecule has 0 N–H and O–H groups in total. The number of nitriles is 1. The lowest BCUT2D eigenvalue weighted by Gasteiger charge is -2.36. The summed E-state index contributed by atoms with van der Waals surface area (Å²) in [5.74, 6) is 3.40. The molecule has 0 fully saturated rings. The maximum atomic E-state index is 10.2. The molecular weight excluding hydrogens is 444 g/mol. The number of fused-ring (bicyclic) bond motifs is 1. The summed E-state index contributed by atoms with van der Waals surface area (Å²) in [5, 5.41) is 10.2. The van der Waals surface area contributed by atoms with Crippen LogP contribution in [-0.4, -0.2) is 53.5 Å². The minimum absolute atomic E-state index is 0.341. The summed E-state index contributed by atoms with van der Waals surface area (Å²) in [4.78, 5) is 2.38. The van der Waals surface area contributed by atoms with E-state index in [0.29, 0.717) is 29.0 Å². The third-order valence-electron chi connectivity index (χ3n) is 7.40. The van der Waals surface area contributed by atoms with Gasteiger partial charge >= 0.3 is 0 Å². The molecule has 0 aliphatic carbocycles. The van der Waals surface area contributed by atoms with E-state index in [0.717, 1.165) is 50.0 Å². The molecule has 0 saturated heterocycles. The minimum atomic E-state index is -0.570. The van der Waals surface area contributed by atoms with Crippen LogP contribution in [0.2, 0.25) is 0 Å². The molecule has 7 heteroatoms. The molecule has 0 bridgehead atoms. The second kappa shape index (κ2) is 11.5. The molecule has 2 aromatic rings. The SMILES string of the molecule is CCC(C#N)(CCCC1Cc2c(cc(OC)c(OC)c2OC)CN1C)c1ccc(OC)c(OC)c1. The largest absolute Gasteiger partial charge is 0.493 e. The zero-order valence-electron chi connectivity index (χ0n) is 22.1. The summed E-state index contributed by atoms with van der Waals surface area (Å²) in [6.45, 7) is 2.89. The van der Waals surface area contributed by atoms with Gasteiger partial charge in [-0.3, -0.25) is 4.90 Å². The Labute approximate surface area is 209 Å². The molecule has 1 aliphatic rings. The highest BCUT2D eigenvalue weighted by atomic mass is 16.5. The molecule has 0 radical (unpaired) electrons. The fourth-order valence-corrected chi connectivity index (χ4v) is 5.24. The molecule has 190 valence electrons. The van der Waals surface area contributed by atoms with Crippen molar-refractivity contribution in [1.29, 1.82) is 5.26 Å². The number of ether oxygens (including phenoxy) is 5. The van der Waals surface area contributed by atoms with Gasteiger partial charge in [0.05, 0.1) is 47.0 Å². The molecule has 35 heavy (non-hydrogen) atoms. The normalized spacial score (nSPS) is 17.0. The second-order valence-electron chi connectivity index (χ2n) is 9.07. The lowest BCUT2D eigenvalue weighted by atomic mass is 9.75. The van der Waals surface area contributed by atoms with E-state index in [1.807, 2.05) is 18.2 Å². The molecule has 1 heterocycles. The first-order chi connectivity index (χ1) is 16.9. The van der Waals surface area contributed by atoms with Gasteiger partial charge in [0.25, 0.3) is 0 Å². The predicted octanol–water partition coefficient (Wildman–Crippen LogP) is 5.13. The number of hydrogen-bond acceptors (Lipinski definition) is 7. The zero-order valence-corrected chi connectivity index (χ0v) is 22.1. The smallest absolute Gasteiger partial charge is 0.203 e. The Hall–Kier alpha value is -3.11. The molecule has 0 spiro atoms. The van der Waals surface area contributed by atoms with E-state index < -0.39 is 5.41 Å². The molecule has 7 nitrogen and oxygen atoms in total. The first kappa shape index (κ1) is 26.5. The maximum Gasteiger partial charge on any atom is 0.203 e. The quantitative estimate of drug-likeness (QED) is 0.440. The standard InChI is InChI=1S/C28H38N2O5/c1-8-28(18-29,20-11-12-23(31-3)24(15-20)32-4)13-9-10-21-16-22-19(17-30(21)2)14-25(33-5)27(35-7)26(22)34-6/h11-12,14-15,21H,8-10,13,16-17H2,1-7H3. The molecule has 3 rings (SSSR count). The van der Waals surface area contributed by atoms with Gasteiger partial charge < -0.3 is 23.7 Å². The van der Waals surface area contributed by atoms with E-state index in [-0.39, 0.29) is 0 Å². The lowest BCUT2D eigenvalue weighted by molar-refractivity contribution is 0.194. The van der Waals surface area contributed by atoms with Gasteiger partial charge in [-0.2, -0.15) is 5.26 Å². The Balaban J connectivity index is 1.79. The van der Waals surface area contributed by atoms with E-state index in [1.54, 1.807) is 35.5 Å². The Kier molecular flexibility index (Phi) is 8.74. The Bertz CT molecular complexity index is 1060. The number of nitrogens with zero attached hydrogens (tertiary/aromatic N) is 2.